The summed E-state index contributed by atoms with van der Waals surface area (Å²) in [6.07, 6.45) is 7.12. The Labute approximate surface area is 116 Å². The molecule has 0 aliphatic heterocycles. The van der Waals surface area contributed by atoms with Gasteiger partial charge in [-0.15, -0.1) is 0 Å². The van der Waals surface area contributed by atoms with Crippen molar-refractivity contribution in [2.24, 2.45) is 11.3 Å². The summed E-state index contributed by atoms with van der Waals surface area (Å²) in [6, 6.07) is 0.206. The van der Waals surface area contributed by atoms with Gasteiger partial charge in [0.05, 0.1) is 5.41 Å². The quantitative estimate of drug-likeness (QED) is 0.779. The van der Waals surface area contributed by atoms with Gasteiger partial charge >= 0.3 is 5.97 Å². The highest BCUT2D eigenvalue weighted by Crippen LogP contribution is 2.28. The molecule has 0 spiro atoms. The standard InChI is InChI=1S/C15H27NO3/c1-4-12(11-8-6-5-7-9-11)16-13(17)10-15(2,3)14(18)19/h11-12H,4-10H2,1-3H3,(H,16,17)(H,18,19). The second kappa shape index (κ2) is 6.92. The van der Waals surface area contributed by atoms with Gasteiger partial charge in [-0.05, 0) is 39.0 Å². The topological polar surface area (TPSA) is 66.4 Å². The van der Waals surface area contributed by atoms with Crippen LogP contribution >= 0.6 is 0 Å². The Balaban J connectivity index is 2.51. The van der Waals surface area contributed by atoms with E-state index >= 15 is 0 Å². The van der Waals surface area contributed by atoms with Gasteiger partial charge < -0.3 is 10.4 Å². The molecule has 0 bridgehead atoms. The summed E-state index contributed by atoms with van der Waals surface area (Å²) in [5, 5.41) is 12.1. The number of rotatable bonds is 6. The summed E-state index contributed by atoms with van der Waals surface area (Å²) >= 11 is 0. The summed E-state index contributed by atoms with van der Waals surface area (Å²) < 4.78 is 0. The largest absolute Gasteiger partial charge is 0.481 e. The van der Waals surface area contributed by atoms with Crippen molar-refractivity contribution in [2.45, 2.75) is 71.8 Å². The van der Waals surface area contributed by atoms with Crippen LogP contribution in [-0.2, 0) is 9.59 Å². The molecule has 0 radical (unpaired) electrons. The third-order valence-electron chi connectivity index (χ3n) is 4.19. The maximum Gasteiger partial charge on any atom is 0.309 e. The normalized spacial score (nSPS) is 18.9. The molecule has 1 atom stereocenters. The van der Waals surface area contributed by atoms with Crippen LogP contribution in [0.1, 0.15) is 65.7 Å². The van der Waals surface area contributed by atoms with Gasteiger partial charge in [-0.25, -0.2) is 0 Å². The van der Waals surface area contributed by atoms with E-state index in [4.69, 9.17) is 5.11 Å². The molecule has 0 aromatic rings. The highest BCUT2D eigenvalue weighted by molar-refractivity contribution is 5.84. The Morgan fingerprint density at radius 3 is 2.32 bits per heavy atom. The molecule has 1 aliphatic rings. The number of hydrogen-bond donors (Lipinski definition) is 2. The van der Waals surface area contributed by atoms with Gasteiger partial charge in [0.25, 0.3) is 0 Å². The maximum absolute atomic E-state index is 12.0. The minimum atomic E-state index is -0.991. The van der Waals surface area contributed by atoms with Crippen molar-refractivity contribution < 1.29 is 14.7 Å². The van der Waals surface area contributed by atoms with Gasteiger partial charge in [0.1, 0.15) is 0 Å². The van der Waals surface area contributed by atoms with E-state index in [1.165, 1.54) is 32.1 Å². The molecule has 1 aliphatic carbocycles. The highest BCUT2D eigenvalue weighted by Gasteiger charge is 2.31. The molecule has 2 N–H and O–H groups in total. The Hall–Kier alpha value is -1.06. The van der Waals surface area contributed by atoms with Crippen LogP contribution in [0.3, 0.4) is 0 Å². The van der Waals surface area contributed by atoms with E-state index in [9.17, 15) is 9.59 Å². The first-order valence-corrected chi connectivity index (χ1v) is 7.39. The van der Waals surface area contributed by atoms with E-state index in [2.05, 4.69) is 12.2 Å². The second-order valence-corrected chi connectivity index (χ2v) is 6.35. The first-order valence-electron chi connectivity index (χ1n) is 7.39. The molecule has 110 valence electrons. The van der Waals surface area contributed by atoms with Gasteiger partial charge in [0, 0.05) is 12.5 Å². The fraction of sp³-hybridized carbons (Fsp3) is 0.867. The predicted molar refractivity (Wildman–Crippen MR) is 74.8 cm³/mol. The molecule has 4 heteroatoms. The average Bonchev–Trinajstić information content (AvgIpc) is 2.36. The minimum Gasteiger partial charge on any atom is -0.481 e. The molecule has 1 amide bonds. The van der Waals surface area contributed by atoms with Crippen molar-refractivity contribution in [3.8, 4) is 0 Å². The summed E-state index contributed by atoms with van der Waals surface area (Å²) in [5.41, 5.74) is -0.991. The molecule has 1 fully saturated rings. The molecule has 4 nitrogen and oxygen atoms in total. The summed E-state index contributed by atoms with van der Waals surface area (Å²) in [7, 11) is 0. The van der Waals surface area contributed by atoms with E-state index in [0.29, 0.717) is 5.92 Å². The van der Waals surface area contributed by atoms with Crippen LogP contribution < -0.4 is 5.32 Å². The lowest BCUT2D eigenvalue weighted by molar-refractivity contribution is -0.149. The Kier molecular flexibility index (Phi) is 5.83. The molecule has 19 heavy (non-hydrogen) atoms. The number of carboxylic acid groups (broad SMARTS) is 1. The Bertz CT molecular complexity index is 319. The number of carboxylic acids is 1. The first kappa shape index (κ1) is 16.0. The van der Waals surface area contributed by atoms with Crippen molar-refractivity contribution in [3.63, 3.8) is 0 Å². The number of aliphatic carboxylic acids is 1. The monoisotopic (exact) mass is 269 g/mol. The van der Waals surface area contributed by atoms with Gasteiger partial charge in [-0.1, -0.05) is 26.2 Å². The molecule has 0 aromatic heterocycles. The second-order valence-electron chi connectivity index (χ2n) is 6.35. The van der Waals surface area contributed by atoms with E-state index in [1.807, 2.05) is 0 Å². The number of carbonyl (C=O) groups is 2. The maximum atomic E-state index is 12.0. The van der Waals surface area contributed by atoms with Crippen LogP contribution in [0.2, 0.25) is 0 Å². The third-order valence-corrected chi connectivity index (χ3v) is 4.19. The SMILES string of the molecule is CCC(NC(=O)CC(C)(C)C(=O)O)C1CCCCC1. The van der Waals surface area contributed by atoms with Crippen LogP contribution in [0.5, 0.6) is 0 Å². The first-order chi connectivity index (χ1) is 8.86. The van der Waals surface area contributed by atoms with Crippen molar-refractivity contribution in [2.75, 3.05) is 0 Å². The van der Waals surface area contributed by atoms with Crippen LogP contribution in [0, 0.1) is 11.3 Å². The molecular weight excluding hydrogens is 242 g/mol. The zero-order chi connectivity index (χ0) is 14.5. The van der Waals surface area contributed by atoms with E-state index in [1.54, 1.807) is 13.8 Å². The number of amides is 1. The lowest BCUT2D eigenvalue weighted by atomic mass is 9.82. The van der Waals surface area contributed by atoms with Crippen LogP contribution in [-0.4, -0.2) is 23.0 Å². The van der Waals surface area contributed by atoms with Gasteiger partial charge in [-0.2, -0.15) is 0 Å². The molecular formula is C15H27NO3. The van der Waals surface area contributed by atoms with Crippen LogP contribution in [0.25, 0.3) is 0 Å². The van der Waals surface area contributed by atoms with Crippen LogP contribution in [0.4, 0.5) is 0 Å². The third kappa shape index (κ3) is 4.84. The fourth-order valence-electron chi connectivity index (χ4n) is 2.82. The molecule has 1 rings (SSSR count). The Morgan fingerprint density at radius 1 is 1.26 bits per heavy atom. The van der Waals surface area contributed by atoms with Crippen molar-refractivity contribution in [3.05, 3.63) is 0 Å². The highest BCUT2D eigenvalue weighted by atomic mass is 16.4. The van der Waals surface area contributed by atoms with E-state index < -0.39 is 11.4 Å². The van der Waals surface area contributed by atoms with Crippen LogP contribution in [0.15, 0.2) is 0 Å². The molecule has 1 saturated carbocycles. The smallest absolute Gasteiger partial charge is 0.309 e. The average molecular weight is 269 g/mol. The predicted octanol–water partition coefficient (Wildman–Crippen LogP) is 2.96. The molecule has 0 saturated heterocycles. The fourth-order valence-corrected chi connectivity index (χ4v) is 2.82. The van der Waals surface area contributed by atoms with E-state index in [-0.39, 0.29) is 18.4 Å². The van der Waals surface area contributed by atoms with Crippen molar-refractivity contribution in [1.82, 2.24) is 5.32 Å². The summed E-state index contributed by atoms with van der Waals surface area (Å²) in [6.45, 7) is 5.27. The van der Waals surface area contributed by atoms with Crippen molar-refractivity contribution >= 4 is 11.9 Å². The Morgan fingerprint density at radius 2 is 1.84 bits per heavy atom. The number of nitrogens with one attached hydrogen (secondary N) is 1. The van der Waals surface area contributed by atoms with Crippen molar-refractivity contribution in [1.29, 1.82) is 0 Å². The molecule has 0 heterocycles. The lowest BCUT2D eigenvalue weighted by Gasteiger charge is -2.31. The number of hydrogen-bond acceptors (Lipinski definition) is 2. The zero-order valence-corrected chi connectivity index (χ0v) is 12.4. The van der Waals surface area contributed by atoms with Gasteiger partial charge in [-0.3, -0.25) is 9.59 Å². The van der Waals surface area contributed by atoms with Gasteiger partial charge in [0.15, 0.2) is 0 Å². The van der Waals surface area contributed by atoms with Gasteiger partial charge in [0.2, 0.25) is 5.91 Å². The van der Waals surface area contributed by atoms with E-state index in [0.717, 1.165) is 6.42 Å². The summed E-state index contributed by atoms with van der Waals surface area (Å²) in [5.74, 6) is -0.492. The lowest BCUT2D eigenvalue weighted by Crippen LogP contribution is -2.43. The number of carbonyl (C=O) groups excluding carboxylic acids is 1. The molecule has 1 unspecified atom stereocenters. The summed E-state index contributed by atoms with van der Waals surface area (Å²) in [4.78, 5) is 23.0. The zero-order valence-electron chi connectivity index (χ0n) is 12.4. The molecule has 0 aromatic carbocycles. The minimum absolute atomic E-state index is 0.0472.